The van der Waals surface area contributed by atoms with Crippen molar-refractivity contribution < 1.29 is 0 Å². The SMILES string of the molecule is CN(CCC#N)c1nc[nH]c(=O)c1Br. The zero-order valence-electron chi connectivity index (χ0n) is 7.62. The van der Waals surface area contributed by atoms with Gasteiger partial charge in [-0.1, -0.05) is 0 Å². The Balaban J connectivity index is 2.91. The van der Waals surface area contributed by atoms with Crippen molar-refractivity contribution in [3.05, 3.63) is 21.2 Å². The number of nitrogens with zero attached hydrogens (tertiary/aromatic N) is 3. The van der Waals surface area contributed by atoms with Gasteiger partial charge in [-0.15, -0.1) is 0 Å². The molecule has 1 N–H and O–H groups in total. The van der Waals surface area contributed by atoms with Gasteiger partial charge in [0.25, 0.3) is 5.56 Å². The first-order chi connectivity index (χ1) is 6.66. The number of hydrogen-bond donors (Lipinski definition) is 1. The van der Waals surface area contributed by atoms with E-state index in [0.717, 1.165) is 0 Å². The van der Waals surface area contributed by atoms with Crippen molar-refractivity contribution >= 4 is 21.7 Å². The van der Waals surface area contributed by atoms with Crippen LogP contribution in [0.1, 0.15) is 6.42 Å². The Kier molecular flexibility index (Phi) is 3.65. The molecule has 0 saturated heterocycles. The monoisotopic (exact) mass is 256 g/mol. The molecule has 0 aliphatic rings. The number of aromatic nitrogens is 2. The minimum atomic E-state index is -0.223. The fraction of sp³-hybridized carbons (Fsp3) is 0.375. The molecule has 0 fully saturated rings. The maximum absolute atomic E-state index is 11.2. The molecule has 1 aromatic rings. The third-order valence-electron chi connectivity index (χ3n) is 1.70. The lowest BCUT2D eigenvalue weighted by molar-refractivity contribution is 0.871. The van der Waals surface area contributed by atoms with E-state index >= 15 is 0 Å². The summed E-state index contributed by atoms with van der Waals surface area (Å²) < 4.78 is 0.389. The number of aromatic amines is 1. The fourth-order valence-corrected chi connectivity index (χ4v) is 1.48. The van der Waals surface area contributed by atoms with Crippen LogP contribution in [0.3, 0.4) is 0 Å². The smallest absolute Gasteiger partial charge is 0.267 e. The van der Waals surface area contributed by atoms with Gasteiger partial charge >= 0.3 is 0 Å². The van der Waals surface area contributed by atoms with Crippen molar-refractivity contribution in [1.82, 2.24) is 9.97 Å². The van der Waals surface area contributed by atoms with Crippen molar-refractivity contribution in [2.45, 2.75) is 6.42 Å². The predicted octanol–water partition coefficient (Wildman–Crippen LogP) is 0.882. The fourth-order valence-electron chi connectivity index (χ4n) is 0.963. The Morgan fingerprint density at radius 1 is 1.79 bits per heavy atom. The number of halogens is 1. The average Bonchev–Trinajstić information content (AvgIpc) is 2.18. The van der Waals surface area contributed by atoms with E-state index in [0.29, 0.717) is 23.3 Å². The summed E-state index contributed by atoms with van der Waals surface area (Å²) in [4.78, 5) is 19.4. The molecule has 0 atom stereocenters. The highest BCUT2D eigenvalue weighted by molar-refractivity contribution is 9.10. The van der Waals surface area contributed by atoms with E-state index in [1.807, 2.05) is 6.07 Å². The number of nitrogens with one attached hydrogen (secondary N) is 1. The van der Waals surface area contributed by atoms with Crippen LogP contribution in [0.2, 0.25) is 0 Å². The van der Waals surface area contributed by atoms with Gasteiger partial charge in [-0.25, -0.2) is 4.98 Å². The van der Waals surface area contributed by atoms with Gasteiger partial charge in [0.05, 0.1) is 18.8 Å². The Hall–Kier alpha value is -1.35. The number of hydrogen-bond acceptors (Lipinski definition) is 4. The van der Waals surface area contributed by atoms with E-state index in [2.05, 4.69) is 25.9 Å². The lowest BCUT2D eigenvalue weighted by atomic mass is 10.4. The number of H-pyrrole nitrogens is 1. The zero-order valence-corrected chi connectivity index (χ0v) is 9.21. The molecule has 0 unspecified atom stereocenters. The van der Waals surface area contributed by atoms with E-state index in [-0.39, 0.29) is 5.56 Å². The highest BCUT2D eigenvalue weighted by Crippen LogP contribution is 2.17. The summed E-state index contributed by atoms with van der Waals surface area (Å²) in [5, 5.41) is 8.41. The second kappa shape index (κ2) is 4.77. The van der Waals surface area contributed by atoms with Gasteiger partial charge in [-0.2, -0.15) is 5.26 Å². The summed E-state index contributed by atoms with van der Waals surface area (Å²) in [7, 11) is 1.78. The van der Waals surface area contributed by atoms with Crippen molar-refractivity contribution in [1.29, 1.82) is 5.26 Å². The minimum absolute atomic E-state index is 0.223. The van der Waals surface area contributed by atoms with Crippen molar-refractivity contribution in [3.8, 4) is 6.07 Å². The van der Waals surface area contributed by atoms with Crippen LogP contribution in [0.4, 0.5) is 5.82 Å². The molecule has 1 rings (SSSR count). The van der Waals surface area contributed by atoms with Crippen LogP contribution >= 0.6 is 15.9 Å². The van der Waals surface area contributed by atoms with Gasteiger partial charge in [0, 0.05) is 13.6 Å². The first-order valence-corrected chi connectivity index (χ1v) is 4.77. The third kappa shape index (κ3) is 2.33. The second-order valence-electron chi connectivity index (χ2n) is 2.70. The van der Waals surface area contributed by atoms with Crippen molar-refractivity contribution in [3.63, 3.8) is 0 Å². The maximum atomic E-state index is 11.2. The van der Waals surface area contributed by atoms with Crippen LogP contribution in [0.15, 0.2) is 15.6 Å². The topological polar surface area (TPSA) is 72.8 Å². The van der Waals surface area contributed by atoms with Crippen molar-refractivity contribution in [2.75, 3.05) is 18.5 Å². The van der Waals surface area contributed by atoms with Crippen LogP contribution in [0.5, 0.6) is 0 Å². The summed E-state index contributed by atoms with van der Waals surface area (Å²) in [5.41, 5.74) is -0.223. The van der Waals surface area contributed by atoms with Crippen LogP contribution < -0.4 is 10.5 Å². The molecule has 14 heavy (non-hydrogen) atoms. The Morgan fingerprint density at radius 3 is 3.14 bits per heavy atom. The van der Waals surface area contributed by atoms with Crippen LogP contribution in [-0.4, -0.2) is 23.6 Å². The lowest BCUT2D eigenvalue weighted by Gasteiger charge is -2.16. The van der Waals surface area contributed by atoms with Crippen LogP contribution in [-0.2, 0) is 0 Å². The van der Waals surface area contributed by atoms with Gasteiger partial charge in [0.1, 0.15) is 10.3 Å². The predicted molar refractivity (Wildman–Crippen MR) is 56.1 cm³/mol. The van der Waals surface area contributed by atoms with E-state index in [1.54, 1.807) is 11.9 Å². The molecule has 1 heterocycles. The maximum Gasteiger partial charge on any atom is 0.267 e. The Morgan fingerprint density at radius 2 is 2.50 bits per heavy atom. The molecular weight excluding hydrogens is 248 g/mol. The normalized spacial score (nSPS) is 9.50. The molecule has 0 aliphatic carbocycles. The molecule has 0 spiro atoms. The molecule has 0 saturated carbocycles. The standard InChI is InChI=1S/C8H9BrN4O/c1-13(4-2-3-10)7-6(9)8(14)12-5-11-7/h5H,2,4H2,1H3,(H,11,12,14). The number of nitriles is 1. The first-order valence-electron chi connectivity index (χ1n) is 3.98. The zero-order chi connectivity index (χ0) is 10.6. The molecule has 0 aromatic carbocycles. The molecule has 0 amide bonds. The summed E-state index contributed by atoms with van der Waals surface area (Å²) in [6.45, 7) is 0.547. The molecule has 0 radical (unpaired) electrons. The van der Waals surface area contributed by atoms with Crippen molar-refractivity contribution in [2.24, 2.45) is 0 Å². The van der Waals surface area contributed by atoms with Gasteiger partial charge in [-0.3, -0.25) is 4.79 Å². The van der Waals surface area contributed by atoms with Gasteiger partial charge in [-0.05, 0) is 15.9 Å². The second-order valence-corrected chi connectivity index (χ2v) is 3.49. The molecule has 0 aliphatic heterocycles. The van der Waals surface area contributed by atoms with Gasteiger partial charge in [0.15, 0.2) is 0 Å². The summed E-state index contributed by atoms with van der Waals surface area (Å²) in [6.07, 6.45) is 1.74. The summed E-state index contributed by atoms with van der Waals surface area (Å²) in [5.74, 6) is 0.545. The lowest BCUT2D eigenvalue weighted by Crippen LogP contribution is -2.23. The molecule has 5 nitrogen and oxygen atoms in total. The Bertz CT molecular complexity index is 409. The van der Waals surface area contributed by atoms with E-state index in [4.69, 9.17) is 5.26 Å². The van der Waals surface area contributed by atoms with E-state index < -0.39 is 0 Å². The highest BCUT2D eigenvalue weighted by Gasteiger charge is 2.09. The minimum Gasteiger partial charge on any atom is -0.357 e. The average molecular weight is 257 g/mol. The van der Waals surface area contributed by atoms with Gasteiger partial charge < -0.3 is 9.88 Å². The molecule has 74 valence electrons. The molecular formula is C8H9BrN4O. The molecule has 1 aromatic heterocycles. The third-order valence-corrected chi connectivity index (χ3v) is 2.41. The highest BCUT2D eigenvalue weighted by atomic mass is 79.9. The number of anilines is 1. The van der Waals surface area contributed by atoms with E-state index in [1.165, 1.54) is 6.33 Å². The number of rotatable bonds is 3. The van der Waals surface area contributed by atoms with Gasteiger partial charge in [0.2, 0.25) is 0 Å². The Labute approximate surface area is 89.5 Å². The largest absolute Gasteiger partial charge is 0.357 e. The molecule has 6 heteroatoms. The van der Waals surface area contributed by atoms with E-state index in [9.17, 15) is 4.79 Å². The quantitative estimate of drug-likeness (QED) is 0.872. The van der Waals surface area contributed by atoms with Crippen LogP contribution in [0, 0.1) is 11.3 Å². The summed E-state index contributed by atoms with van der Waals surface area (Å²) >= 11 is 3.14. The van der Waals surface area contributed by atoms with Crippen LogP contribution in [0.25, 0.3) is 0 Å². The first kappa shape index (κ1) is 10.7. The summed E-state index contributed by atoms with van der Waals surface area (Å²) in [6, 6.07) is 2.03. The molecule has 0 bridgehead atoms.